The first-order chi connectivity index (χ1) is 27.1. The number of carbonyl (C=O) groups is 1. The molecule has 2 saturated heterocycles. The summed E-state index contributed by atoms with van der Waals surface area (Å²) in [5, 5.41) is 11.9. The molecule has 2 fully saturated rings. The Bertz CT molecular complexity index is 2640. The topological polar surface area (TPSA) is 202 Å². The molecule has 0 radical (unpaired) electrons. The molecule has 6 aromatic rings. The Morgan fingerprint density at radius 1 is 0.807 bits per heavy atom. The summed E-state index contributed by atoms with van der Waals surface area (Å²) in [7, 11) is -6.77. The fraction of sp³-hybridized carbons (Fsp3) is 0.343. The van der Waals surface area contributed by atoms with Gasteiger partial charge in [-0.2, -0.15) is 19.2 Å². The van der Waals surface area contributed by atoms with Gasteiger partial charge in [-0.25, -0.2) is 31.6 Å². The highest BCUT2D eigenvalue weighted by atomic mass is 79.9. The molecule has 0 atom stereocenters. The summed E-state index contributed by atoms with van der Waals surface area (Å²) in [6, 6.07) is 10.7. The van der Waals surface area contributed by atoms with Gasteiger partial charge in [0.2, 0.25) is 20.0 Å². The molecule has 2 aliphatic rings. The van der Waals surface area contributed by atoms with E-state index in [-0.39, 0.29) is 23.9 Å². The van der Waals surface area contributed by atoms with Crippen molar-refractivity contribution in [3.8, 4) is 0 Å². The molecule has 8 heterocycles. The van der Waals surface area contributed by atoms with Gasteiger partial charge in [-0.3, -0.25) is 23.5 Å². The molecule has 2 aliphatic heterocycles. The lowest BCUT2D eigenvalue weighted by atomic mass is 10.2. The fourth-order valence-corrected chi connectivity index (χ4v) is 9.82. The maximum absolute atomic E-state index is 13.3. The third kappa shape index (κ3) is 8.97. The highest BCUT2D eigenvalue weighted by Gasteiger charge is 2.33. The molecule has 0 unspecified atom stereocenters. The minimum atomic E-state index is -3.47. The van der Waals surface area contributed by atoms with E-state index in [0.29, 0.717) is 70.2 Å². The maximum Gasteiger partial charge on any atom is 0.416 e. The predicted octanol–water partition coefficient (Wildman–Crippen LogP) is 5.41. The summed E-state index contributed by atoms with van der Waals surface area (Å²) in [5.74, 6) is 1.83. The average molecular weight is 947 g/mol. The van der Waals surface area contributed by atoms with Crippen LogP contribution in [0.3, 0.4) is 0 Å². The molecule has 57 heavy (non-hydrogen) atoms. The van der Waals surface area contributed by atoms with Crippen molar-refractivity contribution < 1.29 is 26.4 Å². The number of fused-ring (bicyclic) bond motifs is 2. The molecule has 0 aromatic carbocycles. The van der Waals surface area contributed by atoms with Crippen molar-refractivity contribution in [3.05, 3.63) is 93.7 Å². The van der Waals surface area contributed by atoms with Crippen LogP contribution in [0.5, 0.6) is 0 Å². The number of aromatic nitrogens is 8. The summed E-state index contributed by atoms with van der Waals surface area (Å²) in [5.41, 5.74) is 1.99. The molecular formula is C35H38Br2N12O6S2. The van der Waals surface area contributed by atoms with Crippen molar-refractivity contribution in [2.45, 2.75) is 52.3 Å². The van der Waals surface area contributed by atoms with Gasteiger partial charge < -0.3 is 10.1 Å². The largest absolute Gasteiger partial charge is 0.443 e. The highest BCUT2D eigenvalue weighted by Crippen LogP contribution is 2.32. The van der Waals surface area contributed by atoms with Crippen molar-refractivity contribution in [1.29, 1.82) is 0 Å². The van der Waals surface area contributed by atoms with Crippen LogP contribution in [0.4, 0.5) is 28.1 Å². The Morgan fingerprint density at radius 2 is 1.35 bits per heavy atom. The molecule has 1 amide bonds. The van der Waals surface area contributed by atoms with Gasteiger partial charge in [-0.1, -0.05) is 12.1 Å². The zero-order valence-electron chi connectivity index (χ0n) is 31.0. The van der Waals surface area contributed by atoms with Gasteiger partial charge in [-0.05, 0) is 88.7 Å². The summed E-state index contributed by atoms with van der Waals surface area (Å²) in [6.07, 6.45) is 10.5. The minimum absolute atomic E-state index is 0.0566. The van der Waals surface area contributed by atoms with E-state index in [1.807, 2.05) is 18.2 Å². The van der Waals surface area contributed by atoms with Crippen molar-refractivity contribution in [2.24, 2.45) is 0 Å². The van der Waals surface area contributed by atoms with Gasteiger partial charge >= 0.3 is 6.09 Å². The molecule has 0 aliphatic carbocycles. The molecule has 18 nitrogen and oxygen atoms in total. The molecule has 1 N–H and O–H groups in total. The number of hydrogen-bond donors (Lipinski definition) is 1. The summed E-state index contributed by atoms with van der Waals surface area (Å²) >= 11 is 6.83. The van der Waals surface area contributed by atoms with Crippen LogP contribution in [-0.4, -0.2) is 92.3 Å². The van der Waals surface area contributed by atoms with Crippen LogP contribution in [0.2, 0.25) is 0 Å². The molecule has 300 valence electrons. The monoisotopic (exact) mass is 944 g/mol. The van der Waals surface area contributed by atoms with Crippen LogP contribution < -0.4 is 18.8 Å². The standard InChI is InChI=1S/C20H23BrN6O4S.C15H15BrN6O2S/c1-20(2,3)31-19(28)25(13-14-6-4-7-22-11-14)17-10-16(26-8-5-9-32(26,29)30)24-18-15(21)12-23-27(17)18;16-12-10-19-22-13(18-9-11-3-1-4-17-8-11)7-14(20-15(12)22)21-5-2-6-25(21,23)24/h4,6-7,10-12H,5,8-9,13H2,1-3H3;1,3-4,7-8,10,18H,2,5-6,9H2. The average Bonchev–Trinajstić information content (AvgIpc) is 3.94. The van der Waals surface area contributed by atoms with Crippen LogP contribution in [0.15, 0.2) is 82.5 Å². The summed E-state index contributed by atoms with van der Waals surface area (Å²) in [4.78, 5) is 31.9. The Labute approximate surface area is 345 Å². The Hall–Kier alpha value is -4.93. The third-order valence-electron chi connectivity index (χ3n) is 8.67. The molecular weight excluding hydrogens is 908 g/mol. The van der Waals surface area contributed by atoms with Crippen LogP contribution in [0, 0.1) is 0 Å². The van der Waals surface area contributed by atoms with Crippen molar-refractivity contribution in [3.63, 3.8) is 0 Å². The second kappa shape index (κ2) is 16.1. The lowest BCUT2D eigenvalue weighted by Crippen LogP contribution is -2.38. The number of anilines is 4. The van der Waals surface area contributed by atoms with Gasteiger partial charge in [0.25, 0.3) is 0 Å². The van der Waals surface area contributed by atoms with Crippen LogP contribution in [-0.2, 0) is 37.9 Å². The molecule has 0 bridgehead atoms. The molecule has 0 spiro atoms. The normalized spacial score (nSPS) is 16.1. The predicted molar refractivity (Wildman–Crippen MR) is 221 cm³/mol. The SMILES string of the molecule is CC(C)(C)OC(=O)N(Cc1cccnc1)c1cc(N2CCCS2(=O)=O)nc2c(Br)cnn12.O=S1(=O)CCCN1c1cc(NCc2cccnc2)n2ncc(Br)c2n1. The summed E-state index contributed by atoms with van der Waals surface area (Å²) in [6.45, 7) is 6.79. The van der Waals surface area contributed by atoms with E-state index in [1.165, 1.54) is 18.0 Å². The second-order valence-corrected chi connectivity index (χ2v) is 19.8. The van der Waals surface area contributed by atoms with Crippen molar-refractivity contribution in [1.82, 2.24) is 39.2 Å². The van der Waals surface area contributed by atoms with E-state index in [2.05, 4.69) is 67.3 Å². The van der Waals surface area contributed by atoms with Crippen LogP contribution in [0.25, 0.3) is 11.3 Å². The maximum atomic E-state index is 13.3. The first-order valence-electron chi connectivity index (χ1n) is 17.7. The van der Waals surface area contributed by atoms with Gasteiger partial charge in [0.1, 0.15) is 28.9 Å². The number of hydrogen-bond acceptors (Lipinski definition) is 13. The van der Waals surface area contributed by atoms with E-state index in [1.54, 1.807) is 80.7 Å². The van der Waals surface area contributed by atoms with Crippen LogP contribution >= 0.6 is 31.9 Å². The minimum Gasteiger partial charge on any atom is -0.443 e. The first-order valence-corrected chi connectivity index (χ1v) is 22.5. The molecule has 8 rings (SSSR count). The van der Waals surface area contributed by atoms with Gasteiger partial charge in [0.05, 0.1) is 39.4 Å². The van der Waals surface area contributed by atoms with E-state index >= 15 is 0 Å². The lowest BCUT2D eigenvalue weighted by molar-refractivity contribution is 0.0575. The number of rotatable bonds is 8. The number of carbonyl (C=O) groups excluding carboxylic acids is 1. The Morgan fingerprint density at radius 3 is 1.88 bits per heavy atom. The Kier molecular flexibility index (Phi) is 11.4. The van der Waals surface area contributed by atoms with Gasteiger partial charge in [0, 0.05) is 56.6 Å². The quantitative estimate of drug-likeness (QED) is 0.203. The van der Waals surface area contributed by atoms with E-state index in [0.717, 1.165) is 11.1 Å². The smallest absolute Gasteiger partial charge is 0.416 e. The lowest BCUT2D eigenvalue weighted by Gasteiger charge is -2.28. The van der Waals surface area contributed by atoms with Crippen molar-refractivity contribution >= 4 is 92.6 Å². The fourth-order valence-electron chi connectivity index (χ4n) is 6.12. The van der Waals surface area contributed by atoms with Crippen molar-refractivity contribution in [2.75, 3.05) is 43.4 Å². The summed E-state index contributed by atoms with van der Waals surface area (Å²) < 4.78 is 62.3. The number of halogens is 2. The van der Waals surface area contributed by atoms with Gasteiger partial charge in [0.15, 0.2) is 11.3 Å². The first kappa shape index (κ1) is 40.3. The molecule has 22 heteroatoms. The zero-order valence-corrected chi connectivity index (χ0v) is 35.8. The van der Waals surface area contributed by atoms with E-state index in [9.17, 15) is 21.6 Å². The zero-order chi connectivity index (χ0) is 40.5. The van der Waals surface area contributed by atoms with E-state index in [4.69, 9.17) is 4.74 Å². The number of amides is 1. The number of pyridine rings is 2. The van der Waals surface area contributed by atoms with Crippen LogP contribution in [0.1, 0.15) is 44.7 Å². The Balaban J connectivity index is 0.000000179. The highest BCUT2D eigenvalue weighted by molar-refractivity contribution is 9.11. The number of nitrogens with zero attached hydrogens (tertiary/aromatic N) is 11. The molecule has 6 aromatic heterocycles. The van der Waals surface area contributed by atoms with Gasteiger partial charge in [-0.15, -0.1) is 0 Å². The number of nitrogens with one attached hydrogen (secondary N) is 1. The number of ether oxygens (including phenoxy) is 1. The molecule has 0 saturated carbocycles. The number of sulfonamides is 2. The van der Waals surface area contributed by atoms with E-state index < -0.39 is 31.7 Å². The third-order valence-corrected chi connectivity index (χ3v) is 13.5. The second-order valence-electron chi connectivity index (χ2n) is 14.1.